The summed E-state index contributed by atoms with van der Waals surface area (Å²) in [6.07, 6.45) is 8.92. The van der Waals surface area contributed by atoms with Crippen molar-refractivity contribution >= 4 is 17.9 Å². The molecule has 0 aromatic carbocycles. The molecule has 0 saturated heterocycles. The van der Waals surface area contributed by atoms with Gasteiger partial charge in [-0.05, 0) is 31.7 Å². The van der Waals surface area contributed by atoms with Crippen molar-refractivity contribution < 1.29 is 0 Å². The molecule has 0 spiro atoms. The Morgan fingerprint density at radius 3 is 2.57 bits per heavy atom. The van der Waals surface area contributed by atoms with Gasteiger partial charge in [0.25, 0.3) is 0 Å². The van der Waals surface area contributed by atoms with E-state index in [1.165, 1.54) is 25.8 Å². The van der Waals surface area contributed by atoms with Gasteiger partial charge in [-0.15, -0.1) is 0 Å². The van der Waals surface area contributed by atoms with E-state index in [1.54, 1.807) is 0 Å². The lowest BCUT2D eigenvalue weighted by atomic mass is 9.96. The van der Waals surface area contributed by atoms with E-state index >= 15 is 0 Å². The van der Waals surface area contributed by atoms with Gasteiger partial charge in [-0.3, -0.25) is 0 Å². The summed E-state index contributed by atoms with van der Waals surface area (Å²) in [5.74, 6) is 0.836. The van der Waals surface area contributed by atoms with Crippen LogP contribution in [0.15, 0.2) is 12.2 Å². The number of rotatable bonds is 4. The molecule has 1 nitrogen and oxygen atoms in total. The van der Waals surface area contributed by atoms with Crippen molar-refractivity contribution in [2.45, 2.75) is 45.5 Å². The largest absolute Gasteiger partial charge is 0.347 e. The molecule has 2 radical (unpaired) electrons. The number of allylic oxidation sites excluding steroid dienone is 1. The third-order valence-electron chi connectivity index (χ3n) is 2.85. The molecule has 1 unspecified atom stereocenters. The van der Waals surface area contributed by atoms with Crippen LogP contribution in [0, 0.1) is 5.92 Å². The molecule has 0 N–H and O–H groups in total. The third-order valence-corrected chi connectivity index (χ3v) is 8.06. The summed E-state index contributed by atoms with van der Waals surface area (Å²) in [7, 11) is -0.0730. The summed E-state index contributed by atoms with van der Waals surface area (Å²) in [5.41, 5.74) is 0. The predicted octanol–water partition coefficient (Wildman–Crippen LogP) is 3.15. The first kappa shape index (κ1) is 12.2. The zero-order chi connectivity index (χ0) is 10.6. The molecule has 0 aromatic heterocycles. The maximum atomic E-state index is 2.74. The molecule has 0 amide bonds. The minimum Gasteiger partial charge on any atom is -0.347 e. The molecule has 80 valence electrons. The Balaban J connectivity index is 2.47. The third kappa shape index (κ3) is 3.71. The second-order valence-corrected chi connectivity index (χ2v) is 11.4. The first-order chi connectivity index (χ1) is 6.54. The van der Waals surface area contributed by atoms with Crippen LogP contribution in [-0.2, 0) is 0 Å². The molecule has 1 aliphatic carbocycles. The second kappa shape index (κ2) is 5.28. The minimum atomic E-state index is -1.06. The zero-order valence-electron chi connectivity index (χ0n) is 10.0. The molecule has 1 rings (SSSR count). The van der Waals surface area contributed by atoms with Crippen LogP contribution >= 0.6 is 0 Å². The fourth-order valence-electron chi connectivity index (χ4n) is 1.97. The van der Waals surface area contributed by atoms with Crippen molar-refractivity contribution in [1.82, 2.24) is 4.23 Å². The first-order valence-electron chi connectivity index (χ1n) is 5.65. The van der Waals surface area contributed by atoms with Crippen LogP contribution in [0.3, 0.4) is 0 Å². The number of hydrogen-bond donors (Lipinski definition) is 0. The van der Waals surface area contributed by atoms with Crippen LogP contribution in [0.25, 0.3) is 0 Å². The van der Waals surface area contributed by atoms with Gasteiger partial charge in [0, 0.05) is 0 Å². The van der Waals surface area contributed by atoms with E-state index in [-0.39, 0.29) is 0 Å². The summed E-state index contributed by atoms with van der Waals surface area (Å²) >= 11 is 0. The highest BCUT2D eigenvalue weighted by Gasteiger charge is 2.24. The second-order valence-electron chi connectivity index (χ2n) is 5.12. The topological polar surface area (TPSA) is 3.24 Å². The Hall–Kier alpha value is 0.134. The molecule has 1 atom stereocenters. The van der Waals surface area contributed by atoms with Crippen LogP contribution < -0.4 is 0 Å². The monoisotopic (exact) mass is 225 g/mol. The summed E-state index contributed by atoms with van der Waals surface area (Å²) in [4.78, 5) is 0. The van der Waals surface area contributed by atoms with Crippen LogP contribution in [0.5, 0.6) is 0 Å². The molecule has 0 bridgehead atoms. The van der Waals surface area contributed by atoms with E-state index in [0.29, 0.717) is 0 Å². The Morgan fingerprint density at radius 2 is 2.14 bits per heavy atom. The van der Waals surface area contributed by atoms with Crippen molar-refractivity contribution in [2.75, 3.05) is 6.54 Å². The van der Waals surface area contributed by atoms with Crippen molar-refractivity contribution in [3.63, 3.8) is 0 Å². The average molecular weight is 225 g/mol. The molecular formula is C11H23NSi2. The minimum absolute atomic E-state index is 0.836. The average Bonchev–Trinajstić information content (AvgIpc) is 2.14. The van der Waals surface area contributed by atoms with Gasteiger partial charge in [0.1, 0.15) is 17.9 Å². The molecule has 14 heavy (non-hydrogen) atoms. The summed E-state index contributed by atoms with van der Waals surface area (Å²) < 4.78 is 2.74. The molecule has 3 heteroatoms. The smallest absolute Gasteiger partial charge is 0.130 e. The van der Waals surface area contributed by atoms with Crippen LogP contribution in [0.4, 0.5) is 0 Å². The number of nitrogens with zero attached hydrogens (tertiary/aromatic N) is 1. The lowest BCUT2D eigenvalue weighted by molar-refractivity contribution is 0.462. The van der Waals surface area contributed by atoms with Crippen molar-refractivity contribution in [2.24, 2.45) is 5.92 Å². The van der Waals surface area contributed by atoms with Crippen LogP contribution in [0.2, 0.25) is 26.2 Å². The molecule has 1 aliphatic rings. The van der Waals surface area contributed by atoms with E-state index in [4.69, 9.17) is 0 Å². The lowest BCUT2D eigenvalue weighted by Crippen LogP contribution is -2.49. The fourth-order valence-corrected chi connectivity index (χ4v) is 5.85. The first-order valence-corrected chi connectivity index (χ1v) is 10.5. The molecule has 0 aliphatic heterocycles. The molecule has 0 fully saturated rings. The molecular weight excluding hydrogens is 202 g/mol. The Kier molecular flexibility index (Phi) is 4.60. The van der Waals surface area contributed by atoms with Gasteiger partial charge in [-0.1, -0.05) is 38.3 Å². The van der Waals surface area contributed by atoms with Gasteiger partial charge in [-0.25, -0.2) is 0 Å². The van der Waals surface area contributed by atoms with E-state index in [9.17, 15) is 0 Å². The quantitative estimate of drug-likeness (QED) is 0.525. The predicted molar refractivity (Wildman–Crippen MR) is 68.2 cm³/mol. The van der Waals surface area contributed by atoms with Crippen LogP contribution in [-0.4, -0.2) is 28.7 Å². The molecule has 0 aromatic rings. The van der Waals surface area contributed by atoms with Crippen molar-refractivity contribution in [1.29, 1.82) is 0 Å². The Labute approximate surface area is 92.6 Å². The van der Waals surface area contributed by atoms with Gasteiger partial charge >= 0.3 is 0 Å². The van der Waals surface area contributed by atoms with Crippen LogP contribution in [0.1, 0.15) is 19.3 Å². The standard InChI is InChI=1S/C11H23NSi2/c1-13-12(14(2,3)4)10-11-8-6-5-7-9-11/h6,8,11H,5,7,9-10H2,1-4H3. The highest BCUT2D eigenvalue weighted by molar-refractivity contribution is 6.78. The maximum absolute atomic E-state index is 2.74. The zero-order valence-corrected chi connectivity index (χ0v) is 12.0. The Bertz CT molecular complexity index is 196. The summed E-state index contributed by atoms with van der Waals surface area (Å²) in [6.45, 7) is 11.0. The lowest BCUT2D eigenvalue weighted by Gasteiger charge is -2.35. The number of hydrogen-bond acceptors (Lipinski definition) is 1. The van der Waals surface area contributed by atoms with Gasteiger partial charge in [0.15, 0.2) is 0 Å². The highest BCUT2D eigenvalue weighted by Crippen LogP contribution is 2.20. The van der Waals surface area contributed by atoms with Gasteiger partial charge in [0.2, 0.25) is 0 Å². The summed E-state index contributed by atoms with van der Waals surface area (Å²) in [5, 5.41) is 0. The van der Waals surface area contributed by atoms with Gasteiger partial charge < -0.3 is 4.23 Å². The van der Waals surface area contributed by atoms with E-state index in [2.05, 4.69) is 42.6 Å². The molecule has 0 saturated carbocycles. The van der Waals surface area contributed by atoms with Gasteiger partial charge in [-0.2, -0.15) is 0 Å². The summed E-state index contributed by atoms with van der Waals surface area (Å²) in [6, 6.07) is 0. The van der Waals surface area contributed by atoms with Crippen molar-refractivity contribution in [3.8, 4) is 0 Å². The van der Waals surface area contributed by atoms with Gasteiger partial charge in [0.05, 0.1) is 0 Å². The SMILES string of the molecule is C[Si]N(CC1C=CCCC1)[Si](C)(C)C. The fraction of sp³-hybridized carbons (Fsp3) is 0.818. The van der Waals surface area contributed by atoms with E-state index in [0.717, 1.165) is 15.6 Å². The van der Waals surface area contributed by atoms with Crippen molar-refractivity contribution in [3.05, 3.63) is 12.2 Å². The normalized spacial score (nSPS) is 23.1. The maximum Gasteiger partial charge on any atom is 0.130 e. The van der Waals surface area contributed by atoms with E-state index < -0.39 is 8.24 Å². The highest BCUT2D eigenvalue weighted by atomic mass is 28.4. The molecule has 0 heterocycles. The van der Waals surface area contributed by atoms with E-state index in [1.807, 2.05) is 0 Å². The Morgan fingerprint density at radius 1 is 1.43 bits per heavy atom.